The number of thioether (sulfide) groups is 1. The van der Waals surface area contributed by atoms with E-state index in [1.165, 1.54) is 18.3 Å². The SMILES string of the molecule is Cc1nc2c(C#N)cnn2c(C)c1CCC(=O)NCCCSc1ccc(F)cc1. The molecule has 2 heterocycles. The molecule has 0 unspecified atom stereocenters. The van der Waals surface area contributed by atoms with Crippen LogP contribution < -0.4 is 5.32 Å². The molecule has 2 aromatic heterocycles. The molecule has 0 aliphatic heterocycles. The van der Waals surface area contributed by atoms with Crippen LogP contribution in [0.5, 0.6) is 0 Å². The molecule has 0 atom stereocenters. The van der Waals surface area contributed by atoms with Crippen LogP contribution >= 0.6 is 11.8 Å². The number of nitrogens with one attached hydrogen (secondary N) is 1. The Morgan fingerprint density at radius 1 is 1.31 bits per heavy atom. The molecule has 0 aliphatic rings. The minimum absolute atomic E-state index is 0.00569. The van der Waals surface area contributed by atoms with Gasteiger partial charge in [0.1, 0.15) is 17.4 Å². The molecular formula is C21H22FN5OS. The molecule has 6 nitrogen and oxygen atoms in total. The molecule has 0 bridgehead atoms. The monoisotopic (exact) mass is 411 g/mol. The third-order valence-electron chi connectivity index (χ3n) is 4.66. The number of hydrogen-bond donors (Lipinski definition) is 1. The lowest BCUT2D eigenvalue weighted by Crippen LogP contribution is -2.25. The highest BCUT2D eigenvalue weighted by molar-refractivity contribution is 7.99. The van der Waals surface area contributed by atoms with Crippen molar-refractivity contribution in [3.05, 3.63) is 58.8 Å². The summed E-state index contributed by atoms with van der Waals surface area (Å²) in [4.78, 5) is 17.7. The second-order valence-electron chi connectivity index (χ2n) is 6.67. The van der Waals surface area contributed by atoms with Crippen LogP contribution in [-0.2, 0) is 11.2 Å². The van der Waals surface area contributed by atoms with Gasteiger partial charge in [-0.15, -0.1) is 11.8 Å². The normalized spacial score (nSPS) is 10.8. The number of hydrogen-bond acceptors (Lipinski definition) is 5. The lowest BCUT2D eigenvalue weighted by atomic mass is 10.1. The summed E-state index contributed by atoms with van der Waals surface area (Å²) in [6.07, 6.45) is 3.28. The van der Waals surface area contributed by atoms with Crippen LogP contribution in [0.1, 0.15) is 35.4 Å². The van der Waals surface area contributed by atoms with Crippen molar-refractivity contribution in [3.8, 4) is 6.07 Å². The van der Waals surface area contributed by atoms with Crippen molar-refractivity contribution in [1.29, 1.82) is 5.26 Å². The Labute approximate surface area is 173 Å². The van der Waals surface area contributed by atoms with E-state index in [0.717, 1.165) is 34.0 Å². The molecule has 3 rings (SSSR count). The van der Waals surface area contributed by atoms with Gasteiger partial charge in [0.15, 0.2) is 5.65 Å². The topological polar surface area (TPSA) is 83.1 Å². The molecule has 1 N–H and O–H groups in total. The van der Waals surface area contributed by atoms with E-state index in [1.807, 2.05) is 13.8 Å². The van der Waals surface area contributed by atoms with Gasteiger partial charge in [-0.3, -0.25) is 4.79 Å². The van der Waals surface area contributed by atoms with E-state index in [4.69, 9.17) is 5.26 Å². The van der Waals surface area contributed by atoms with Crippen molar-refractivity contribution in [3.63, 3.8) is 0 Å². The molecule has 0 spiro atoms. The van der Waals surface area contributed by atoms with Crippen molar-refractivity contribution >= 4 is 23.3 Å². The van der Waals surface area contributed by atoms with E-state index in [-0.39, 0.29) is 11.7 Å². The van der Waals surface area contributed by atoms with E-state index in [0.29, 0.717) is 30.6 Å². The van der Waals surface area contributed by atoms with Gasteiger partial charge >= 0.3 is 0 Å². The third-order valence-corrected chi connectivity index (χ3v) is 5.76. The van der Waals surface area contributed by atoms with Crippen LogP contribution in [-0.4, -0.2) is 32.8 Å². The smallest absolute Gasteiger partial charge is 0.220 e. The van der Waals surface area contributed by atoms with Crippen LogP contribution in [0.15, 0.2) is 35.4 Å². The van der Waals surface area contributed by atoms with Gasteiger partial charge in [-0.05, 0) is 62.3 Å². The lowest BCUT2D eigenvalue weighted by Gasteiger charge is -2.11. The first-order valence-electron chi connectivity index (χ1n) is 9.38. The first kappa shape index (κ1) is 20.8. The van der Waals surface area contributed by atoms with Crippen molar-refractivity contribution in [1.82, 2.24) is 19.9 Å². The van der Waals surface area contributed by atoms with Crippen LogP contribution in [0, 0.1) is 31.0 Å². The fourth-order valence-electron chi connectivity index (χ4n) is 3.10. The average Bonchev–Trinajstić information content (AvgIpc) is 3.12. The number of carbonyl (C=O) groups excluding carboxylic acids is 1. The van der Waals surface area contributed by atoms with E-state index in [2.05, 4.69) is 21.5 Å². The Balaban J connectivity index is 1.46. The highest BCUT2D eigenvalue weighted by Gasteiger charge is 2.14. The van der Waals surface area contributed by atoms with Crippen LogP contribution in [0.2, 0.25) is 0 Å². The van der Waals surface area contributed by atoms with E-state index < -0.39 is 0 Å². The van der Waals surface area contributed by atoms with Gasteiger partial charge < -0.3 is 5.32 Å². The summed E-state index contributed by atoms with van der Waals surface area (Å²) < 4.78 is 14.5. The molecule has 29 heavy (non-hydrogen) atoms. The summed E-state index contributed by atoms with van der Waals surface area (Å²) in [6.45, 7) is 4.42. The quantitative estimate of drug-likeness (QED) is 0.452. The summed E-state index contributed by atoms with van der Waals surface area (Å²) in [5, 5.41) is 16.3. The molecule has 0 saturated heterocycles. The number of halogens is 1. The Kier molecular flexibility index (Phi) is 6.83. The number of fused-ring (bicyclic) bond motifs is 1. The molecule has 0 aliphatic carbocycles. The first-order chi connectivity index (χ1) is 14.0. The standard InChI is InChI=1S/C21H22FN5OS/c1-14-19(15(2)27-21(26-14)16(12-23)13-25-27)8-9-20(28)24-10-3-11-29-18-6-4-17(22)5-7-18/h4-7,13H,3,8-11H2,1-2H3,(H,24,28). The lowest BCUT2D eigenvalue weighted by molar-refractivity contribution is -0.121. The van der Waals surface area contributed by atoms with Crippen LogP contribution in [0.4, 0.5) is 4.39 Å². The maximum Gasteiger partial charge on any atom is 0.220 e. The van der Waals surface area contributed by atoms with Gasteiger partial charge in [-0.1, -0.05) is 0 Å². The van der Waals surface area contributed by atoms with Crippen molar-refractivity contribution in [2.24, 2.45) is 0 Å². The Morgan fingerprint density at radius 3 is 2.79 bits per heavy atom. The third kappa shape index (κ3) is 5.12. The summed E-state index contributed by atoms with van der Waals surface area (Å²) in [5.41, 5.74) is 3.69. The molecule has 8 heteroatoms. The van der Waals surface area contributed by atoms with Crippen molar-refractivity contribution in [2.45, 2.75) is 38.0 Å². The number of benzene rings is 1. The van der Waals surface area contributed by atoms with E-state index >= 15 is 0 Å². The van der Waals surface area contributed by atoms with Gasteiger partial charge in [0.25, 0.3) is 0 Å². The molecule has 0 saturated carbocycles. The van der Waals surface area contributed by atoms with Gasteiger partial charge in [0.05, 0.1) is 6.20 Å². The number of aryl methyl sites for hydroxylation is 2. The van der Waals surface area contributed by atoms with Gasteiger partial charge in [-0.25, -0.2) is 13.9 Å². The number of nitriles is 1. The highest BCUT2D eigenvalue weighted by atomic mass is 32.2. The number of amides is 1. The molecule has 0 radical (unpaired) electrons. The van der Waals surface area contributed by atoms with Crippen molar-refractivity contribution < 1.29 is 9.18 Å². The molecule has 150 valence electrons. The summed E-state index contributed by atoms with van der Waals surface area (Å²) in [5.74, 6) is 0.610. The second-order valence-corrected chi connectivity index (χ2v) is 7.84. The Morgan fingerprint density at radius 2 is 2.07 bits per heavy atom. The largest absolute Gasteiger partial charge is 0.356 e. The Hall–Kier alpha value is -2.92. The maximum absolute atomic E-state index is 12.9. The minimum Gasteiger partial charge on any atom is -0.356 e. The second kappa shape index (κ2) is 9.52. The number of nitrogens with zero attached hydrogens (tertiary/aromatic N) is 4. The van der Waals surface area contributed by atoms with Crippen molar-refractivity contribution in [2.75, 3.05) is 12.3 Å². The molecule has 0 fully saturated rings. The van der Waals surface area contributed by atoms with E-state index in [1.54, 1.807) is 28.4 Å². The zero-order chi connectivity index (χ0) is 20.8. The number of aromatic nitrogens is 3. The predicted octanol–water partition coefficient (Wildman–Crippen LogP) is 3.59. The first-order valence-corrected chi connectivity index (χ1v) is 10.4. The maximum atomic E-state index is 12.9. The molecular weight excluding hydrogens is 389 g/mol. The molecule has 1 aromatic carbocycles. The van der Waals surface area contributed by atoms with Crippen LogP contribution in [0.3, 0.4) is 0 Å². The summed E-state index contributed by atoms with van der Waals surface area (Å²) in [6, 6.07) is 8.50. The van der Waals surface area contributed by atoms with Gasteiger partial charge in [-0.2, -0.15) is 10.4 Å². The average molecular weight is 412 g/mol. The summed E-state index contributed by atoms with van der Waals surface area (Å²) >= 11 is 1.64. The Bertz CT molecular complexity index is 1060. The predicted molar refractivity (Wildman–Crippen MR) is 110 cm³/mol. The summed E-state index contributed by atoms with van der Waals surface area (Å²) in [7, 11) is 0. The number of carbonyl (C=O) groups is 1. The fourth-order valence-corrected chi connectivity index (χ4v) is 3.95. The minimum atomic E-state index is -0.237. The van der Waals surface area contributed by atoms with Crippen LogP contribution in [0.25, 0.3) is 5.65 Å². The zero-order valence-electron chi connectivity index (χ0n) is 16.4. The van der Waals surface area contributed by atoms with E-state index in [9.17, 15) is 9.18 Å². The highest BCUT2D eigenvalue weighted by Crippen LogP contribution is 2.19. The number of rotatable bonds is 8. The fraction of sp³-hybridized carbons (Fsp3) is 0.333. The van der Waals surface area contributed by atoms with Gasteiger partial charge in [0, 0.05) is 29.2 Å². The molecule has 3 aromatic rings. The van der Waals surface area contributed by atoms with Gasteiger partial charge in [0.2, 0.25) is 5.91 Å². The molecule has 1 amide bonds. The zero-order valence-corrected chi connectivity index (χ0v) is 17.2.